The molecule has 0 radical (unpaired) electrons. The molecule has 5 atom stereocenters. The van der Waals surface area contributed by atoms with Gasteiger partial charge in [-0.2, -0.15) is 0 Å². The summed E-state index contributed by atoms with van der Waals surface area (Å²) in [7, 11) is 0. The first-order chi connectivity index (χ1) is 17.9. The fraction of sp³-hybridized carbons (Fsp3) is 0.407. The summed E-state index contributed by atoms with van der Waals surface area (Å²) in [5, 5.41) is 36.1. The molecule has 0 aliphatic carbocycles. The summed E-state index contributed by atoms with van der Waals surface area (Å²) in [6.45, 7) is 4.94. The van der Waals surface area contributed by atoms with Crippen LogP contribution in [0.2, 0.25) is 0 Å². The van der Waals surface area contributed by atoms with Gasteiger partial charge in [0, 0.05) is 6.42 Å². The smallest absolute Gasteiger partial charge is 0.326 e. The second-order valence-electron chi connectivity index (χ2n) is 9.35. The van der Waals surface area contributed by atoms with Crippen LogP contribution in [0.5, 0.6) is 11.5 Å². The van der Waals surface area contributed by atoms with Gasteiger partial charge in [-0.15, -0.1) is 0 Å². The summed E-state index contributed by atoms with van der Waals surface area (Å²) >= 11 is 0. The topological polar surface area (TPSA) is 191 Å². The van der Waals surface area contributed by atoms with Crippen LogP contribution in [0.3, 0.4) is 0 Å². The van der Waals surface area contributed by atoms with Crippen LogP contribution in [-0.4, -0.2) is 63.2 Å². The molecular weight excluding hydrogens is 492 g/mol. The first-order valence-corrected chi connectivity index (χ1v) is 12.4. The highest BCUT2D eigenvalue weighted by Gasteiger charge is 2.31. The molecule has 5 unspecified atom stereocenters. The van der Waals surface area contributed by atoms with Crippen molar-refractivity contribution in [3.05, 3.63) is 59.7 Å². The number of nitrogens with two attached hydrogens (primary N) is 1. The molecule has 0 spiro atoms. The van der Waals surface area contributed by atoms with E-state index in [1.807, 2.05) is 0 Å². The van der Waals surface area contributed by atoms with Crippen LogP contribution in [0.1, 0.15) is 38.3 Å². The van der Waals surface area contributed by atoms with Gasteiger partial charge in [0.05, 0.1) is 6.04 Å². The summed E-state index contributed by atoms with van der Waals surface area (Å²) < 4.78 is 0. The number of carbonyl (C=O) groups excluding carboxylic acids is 3. The first-order valence-electron chi connectivity index (χ1n) is 12.4. The molecule has 11 heteroatoms. The van der Waals surface area contributed by atoms with Gasteiger partial charge >= 0.3 is 5.97 Å². The van der Waals surface area contributed by atoms with Crippen molar-refractivity contribution in [1.82, 2.24) is 16.0 Å². The van der Waals surface area contributed by atoms with Crippen molar-refractivity contribution >= 4 is 23.7 Å². The molecule has 0 aromatic heterocycles. The Hall–Kier alpha value is -4.12. The van der Waals surface area contributed by atoms with Crippen molar-refractivity contribution in [2.75, 3.05) is 0 Å². The van der Waals surface area contributed by atoms with Crippen molar-refractivity contribution < 1.29 is 34.5 Å². The zero-order chi connectivity index (χ0) is 28.4. The van der Waals surface area contributed by atoms with Crippen molar-refractivity contribution in [2.45, 2.75) is 64.2 Å². The highest BCUT2D eigenvalue weighted by Crippen LogP contribution is 2.14. The number of phenolic OH excluding ortho intramolecular Hbond substituents is 2. The van der Waals surface area contributed by atoms with Gasteiger partial charge in [0.15, 0.2) is 0 Å². The number of carbonyl (C=O) groups is 4. The molecular formula is C27H36N4O7. The molecule has 0 heterocycles. The zero-order valence-corrected chi connectivity index (χ0v) is 21.7. The maximum Gasteiger partial charge on any atom is 0.326 e. The highest BCUT2D eigenvalue weighted by atomic mass is 16.4. The van der Waals surface area contributed by atoms with Crippen molar-refractivity contribution in [3.63, 3.8) is 0 Å². The molecule has 0 aliphatic heterocycles. The van der Waals surface area contributed by atoms with E-state index in [1.165, 1.54) is 31.2 Å². The minimum absolute atomic E-state index is 0.0196. The fourth-order valence-electron chi connectivity index (χ4n) is 3.68. The third kappa shape index (κ3) is 9.07. The minimum atomic E-state index is -1.19. The van der Waals surface area contributed by atoms with Gasteiger partial charge in [-0.3, -0.25) is 14.4 Å². The number of hydrogen-bond acceptors (Lipinski definition) is 7. The van der Waals surface area contributed by atoms with E-state index >= 15 is 0 Å². The zero-order valence-electron chi connectivity index (χ0n) is 21.7. The van der Waals surface area contributed by atoms with Crippen LogP contribution in [0.25, 0.3) is 0 Å². The van der Waals surface area contributed by atoms with Gasteiger partial charge in [-0.25, -0.2) is 4.79 Å². The number of nitrogens with one attached hydrogen (secondary N) is 3. The number of phenols is 2. The predicted molar refractivity (Wildman–Crippen MR) is 140 cm³/mol. The Labute approximate surface area is 221 Å². The van der Waals surface area contributed by atoms with E-state index in [2.05, 4.69) is 16.0 Å². The van der Waals surface area contributed by atoms with Crippen molar-refractivity contribution in [3.8, 4) is 11.5 Å². The number of benzene rings is 2. The van der Waals surface area contributed by atoms with E-state index in [0.717, 1.165) is 5.56 Å². The highest BCUT2D eigenvalue weighted by molar-refractivity contribution is 5.94. The van der Waals surface area contributed by atoms with Gasteiger partial charge in [0.25, 0.3) is 0 Å². The monoisotopic (exact) mass is 528 g/mol. The molecule has 2 aromatic rings. The Morgan fingerprint density at radius 3 is 1.74 bits per heavy atom. The molecule has 206 valence electrons. The van der Waals surface area contributed by atoms with Crippen LogP contribution < -0.4 is 21.7 Å². The number of aromatic hydroxyl groups is 2. The van der Waals surface area contributed by atoms with Crippen LogP contribution in [0, 0.1) is 5.92 Å². The SMILES string of the molecule is CCC(C)C(NC(=O)C(Cc1ccc(O)cc1)NC(=O)C(C)NC(=O)C(N)Cc1ccc(O)cc1)C(=O)O. The third-order valence-electron chi connectivity index (χ3n) is 6.27. The molecule has 0 aliphatic rings. The van der Waals surface area contributed by atoms with E-state index < -0.39 is 47.9 Å². The van der Waals surface area contributed by atoms with Gasteiger partial charge in [-0.1, -0.05) is 44.5 Å². The maximum atomic E-state index is 13.1. The number of carboxylic acids is 1. The van der Waals surface area contributed by atoms with E-state index in [0.29, 0.717) is 12.0 Å². The fourth-order valence-corrected chi connectivity index (χ4v) is 3.68. The Kier molecular flexibility index (Phi) is 11.1. The molecule has 0 saturated heterocycles. The van der Waals surface area contributed by atoms with Crippen LogP contribution in [0.4, 0.5) is 0 Å². The molecule has 2 aromatic carbocycles. The normalized spacial score (nSPS) is 14.8. The molecule has 3 amide bonds. The van der Waals surface area contributed by atoms with Gasteiger partial charge in [-0.05, 0) is 54.7 Å². The van der Waals surface area contributed by atoms with E-state index in [9.17, 15) is 34.5 Å². The molecule has 38 heavy (non-hydrogen) atoms. The number of rotatable bonds is 13. The molecule has 8 N–H and O–H groups in total. The Balaban J connectivity index is 2.10. The molecule has 0 saturated carbocycles. The lowest BCUT2D eigenvalue weighted by molar-refractivity contribution is -0.143. The number of aliphatic carboxylic acids is 1. The van der Waals surface area contributed by atoms with Gasteiger partial charge in [0.1, 0.15) is 29.6 Å². The van der Waals surface area contributed by atoms with Crippen molar-refractivity contribution in [2.24, 2.45) is 11.7 Å². The van der Waals surface area contributed by atoms with E-state index in [-0.39, 0.29) is 30.3 Å². The van der Waals surface area contributed by atoms with E-state index in [4.69, 9.17) is 5.73 Å². The summed E-state index contributed by atoms with van der Waals surface area (Å²) in [5.74, 6) is -3.36. The predicted octanol–water partition coefficient (Wildman–Crippen LogP) is 0.815. The maximum absolute atomic E-state index is 13.1. The van der Waals surface area contributed by atoms with Crippen molar-refractivity contribution in [1.29, 1.82) is 0 Å². The summed E-state index contributed by atoms with van der Waals surface area (Å²) in [6, 6.07) is 7.95. The molecule has 2 rings (SSSR count). The lowest BCUT2D eigenvalue weighted by Crippen LogP contribution is -2.57. The molecule has 11 nitrogen and oxygen atoms in total. The Morgan fingerprint density at radius 2 is 1.26 bits per heavy atom. The number of hydrogen-bond donors (Lipinski definition) is 7. The first kappa shape index (κ1) is 30.1. The number of carboxylic acid groups (broad SMARTS) is 1. The minimum Gasteiger partial charge on any atom is -0.508 e. The average Bonchev–Trinajstić information content (AvgIpc) is 2.88. The van der Waals surface area contributed by atoms with E-state index in [1.54, 1.807) is 38.1 Å². The second kappa shape index (κ2) is 14.0. The standard InChI is InChI=1S/C27H36N4O7/c1-4-15(2)23(27(37)38)31-26(36)22(14-18-7-11-20(33)12-8-18)30-24(34)16(3)29-25(35)21(28)13-17-5-9-19(32)10-6-17/h5-12,15-16,21-23,32-33H,4,13-14,28H2,1-3H3,(H,29,35)(H,30,34)(H,31,36)(H,37,38). The summed E-state index contributed by atoms with van der Waals surface area (Å²) in [6.07, 6.45) is 0.712. The van der Waals surface area contributed by atoms with Gasteiger partial charge < -0.3 is 37.0 Å². The Morgan fingerprint density at radius 1 is 0.763 bits per heavy atom. The Bertz CT molecular complexity index is 1110. The van der Waals surface area contributed by atoms with Crippen LogP contribution in [-0.2, 0) is 32.0 Å². The second-order valence-corrected chi connectivity index (χ2v) is 9.35. The lowest BCUT2D eigenvalue weighted by atomic mass is 9.98. The van der Waals surface area contributed by atoms with Crippen LogP contribution in [0.15, 0.2) is 48.5 Å². The quantitative estimate of drug-likeness (QED) is 0.199. The summed E-state index contributed by atoms with van der Waals surface area (Å²) in [4.78, 5) is 50.3. The largest absolute Gasteiger partial charge is 0.508 e. The lowest BCUT2D eigenvalue weighted by Gasteiger charge is -2.26. The number of amides is 3. The average molecular weight is 529 g/mol. The molecule has 0 fully saturated rings. The summed E-state index contributed by atoms with van der Waals surface area (Å²) in [5.41, 5.74) is 7.32. The van der Waals surface area contributed by atoms with Gasteiger partial charge in [0.2, 0.25) is 17.7 Å². The molecule has 0 bridgehead atoms. The third-order valence-corrected chi connectivity index (χ3v) is 6.27. The van der Waals surface area contributed by atoms with Crippen LogP contribution >= 0.6 is 0 Å².